The fourth-order valence-corrected chi connectivity index (χ4v) is 5.21. The Balaban J connectivity index is 1.48. The number of imide groups is 1. The highest BCUT2D eigenvalue weighted by Gasteiger charge is 2.38. The summed E-state index contributed by atoms with van der Waals surface area (Å²) in [4.78, 5) is 42.7. The van der Waals surface area contributed by atoms with Gasteiger partial charge in [0.05, 0.1) is 47.0 Å². The number of amides is 5. The Morgan fingerprint density at radius 3 is 2.53 bits per heavy atom. The predicted octanol–water partition coefficient (Wildman–Crippen LogP) is 5.16. The minimum atomic E-state index is -4.64. The van der Waals surface area contributed by atoms with Gasteiger partial charge in [-0.1, -0.05) is 6.07 Å². The van der Waals surface area contributed by atoms with E-state index in [0.29, 0.717) is 54.1 Å². The van der Waals surface area contributed by atoms with Crippen molar-refractivity contribution in [2.45, 2.75) is 32.4 Å². The minimum Gasteiger partial charge on any atom is -0.343 e. The summed E-state index contributed by atoms with van der Waals surface area (Å²) < 4.78 is 42.3. The van der Waals surface area contributed by atoms with E-state index in [0.717, 1.165) is 28.4 Å². The van der Waals surface area contributed by atoms with Crippen molar-refractivity contribution in [3.8, 4) is 11.8 Å². The van der Waals surface area contributed by atoms with Crippen LogP contribution in [0.2, 0.25) is 0 Å². The van der Waals surface area contributed by atoms with Gasteiger partial charge in [0.25, 0.3) is 0 Å². The van der Waals surface area contributed by atoms with E-state index in [9.17, 15) is 27.6 Å². The van der Waals surface area contributed by atoms with Crippen LogP contribution in [0, 0.1) is 11.3 Å². The van der Waals surface area contributed by atoms with Gasteiger partial charge in [0.15, 0.2) is 0 Å². The molecule has 1 N–H and O–H groups in total. The Morgan fingerprint density at radius 2 is 1.86 bits per heavy atom. The largest absolute Gasteiger partial charge is 0.416 e. The number of carbonyl (C=O) groups excluding carboxylic acids is 3. The first-order valence-corrected chi connectivity index (χ1v) is 13.7. The van der Waals surface area contributed by atoms with Crippen molar-refractivity contribution in [3.63, 3.8) is 0 Å². The fraction of sp³-hybridized carbons (Fsp3) is 0.300. The van der Waals surface area contributed by atoms with E-state index in [1.165, 1.54) is 18.3 Å². The van der Waals surface area contributed by atoms with Crippen LogP contribution in [-0.4, -0.2) is 63.7 Å². The number of aromatic nitrogens is 2. The molecule has 0 bridgehead atoms. The molecule has 0 spiro atoms. The Bertz CT molecular complexity index is 1620. The second-order valence-electron chi connectivity index (χ2n) is 10.2. The summed E-state index contributed by atoms with van der Waals surface area (Å²) in [6.45, 7) is 2.77. The molecule has 0 aliphatic carbocycles. The van der Waals surface area contributed by atoms with Crippen molar-refractivity contribution in [3.05, 3.63) is 83.3 Å². The number of nitrogens with one attached hydrogen (secondary N) is 1. The standard InChI is InChI=1S/C30H28F3N7O3/c1-20-25(26-12-14-36-40(26)23-10-8-21(18-34)9-11-23)19-38(28(42)35-13-4-16-37-15-3-7-27(37)41)29(43)39(20)24-6-2-5-22(17-24)30(31,32)33/h2,5-6,8-12,14,17H,3-4,7,13,15-16,19H2,1H3,(H,35,42). The molecule has 43 heavy (non-hydrogen) atoms. The number of halogens is 3. The lowest BCUT2D eigenvalue weighted by Crippen LogP contribution is -2.53. The van der Waals surface area contributed by atoms with Gasteiger partial charge in [-0.3, -0.25) is 9.69 Å². The SMILES string of the molecule is CC1=C(c2ccnn2-c2ccc(C#N)cc2)CN(C(=O)NCCCN2CCCC2=O)C(=O)N1c1cccc(C(F)(F)F)c1. The van der Waals surface area contributed by atoms with Crippen LogP contribution in [0.1, 0.15) is 43.0 Å². The van der Waals surface area contributed by atoms with Gasteiger partial charge in [-0.15, -0.1) is 0 Å². The highest BCUT2D eigenvalue weighted by atomic mass is 19.4. The molecule has 3 aromatic rings. The highest BCUT2D eigenvalue weighted by Crippen LogP contribution is 2.36. The van der Waals surface area contributed by atoms with Gasteiger partial charge in [0.2, 0.25) is 5.91 Å². The molecule has 1 aromatic heterocycles. The number of hydrogen-bond donors (Lipinski definition) is 1. The van der Waals surface area contributed by atoms with Crippen molar-refractivity contribution >= 4 is 29.2 Å². The van der Waals surface area contributed by atoms with Crippen molar-refractivity contribution < 1.29 is 27.6 Å². The number of benzene rings is 2. The summed E-state index contributed by atoms with van der Waals surface area (Å²) in [5, 5.41) is 16.3. The number of likely N-dealkylation sites (tertiary alicyclic amines) is 1. The maximum atomic E-state index is 13.7. The fourth-order valence-electron chi connectivity index (χ4n) is 5.21. The first kappa shape index (κ1) is 29.4. The zero-order valence-electron chi connectivity index (χ0n) is 23.3. The Kier molecular flexibility index (Phi) is 8.20. The molecule has 0 unspecified atom stereocenters. The smallest absolute Gasteiger partial charge is 0.343 e. The molecule has 222 valence electrons. The van der Waals surface area contributed by atoms with Gasteiger partial charge in [-0.2, -0.15) is 23.5 Å². The van der Waals surface area contributed by atoms with Gasteiger partial charge in [0.1, 0.15) is 0 Å². The van der Waals surface area contributed by atoms with Crippen molar-refractivity contribution in [1.82, 2.24) is 24.9 Å². The molecular weight excluding hydrogens is 563 g/mol. The first-order valence-electron chi connectivity index (χ1n) is 13.7. The molecule has 10 nitrogen and oxygen atoms in total. The number of nitriles is 1. The Labute approximate surface area is 245 Å². The number of rotatable bonds is 7. The topological polar surface area (TPSA) is 115 Å². The number of allylic oxidation sites excluding steroid dienone is 1. The average molecular weight is 592 g/mol. The summed E-state index contributed by atoms with van der Waals surface area (Å²) in [7, 11) is 0. The molecule has 2 aromatic carbocycles. The lowest BCUT2D eigenvalue weighted by Gasteiger charge is -2.37. The second-order valence-corrected chi connectivity index (χ2v) is 10.2. The molecule has 0 atom stereocenters. The van der Waals surface area contributed by atoms with Crippen LogP contribution in [0.25, 0.3) is 11.3 Å². The summed E-state index contributed by atoms with van der Waals surface area (Å²) in [6, 6.07) is 13.2. The van der Waals surface area contributed by atoms with Crippen molar-refractivity contribution in [2.75, 3.05) is 31.1 Å². The molecular formula is C30H28F3N7O3. The lowest BCUT2D eigenvalue weighted by atomic mass is 10.0. The van der Waals surface area contributed by atoms with Crippen LogP contribution >= 0.6 is 0 Å². The summed E-state index contributed by atoms with van der Waals surface area (Å²) in [6.07, 6.45) is -1.33. The van der Waals surface area contributed by atoms with Crippen LogP contribution < -0.4 is 10.2 Å². The molecule has 2 aliphatic rings. The number of carbonyl (C=O) groups is 3. The molecule has 2 aliphatic heterocycles. The zero-order chi connectivity index (χ0) is 30.7. The van der Waals surface area contributed by atoms with Crippen molar-refractivity contribution in [1.29, 1.82) is 5.26 Å². The van der Waals surface area contributed by atoms with E-state index in [2.05, 4.69) is 16.5 Å². The van der Waals surface area contributed by atoms with E-state index >= 15 is 0 Å². The highest BCUT2D eigenvalue weighted by molar-refractivity contribution is 6.08. The maximum absolute atomic E-state index is 13.7. The monoisotopic (exact) mass is 591 g/mol. The maximum Gasteiger partial charge on any atom is 0.416 e. The first-order chi connectivity index (χ1) is 20.6. The van der Waals surface area contributed by atoms with Crippen LogP contribution in [0.5, 0.6) is 0 Å². The molecule has 13 heteroatoms. The summed E-state index contributed by atoms with van der Waals surface area (Å²) in [5.41, 5.74) is 1.39. The van der Waals surface area contributed by atoms with E-state index in [1.54, 1.807) is 46.8 Å². The number of nitrogens with zero attached hydrogens (tertiary/aromatic N) is 6. The van der Waals surface area contributed by atoms with E-state index < -0.39 is 23.8 Å². The van der Waals surface area contributed by atoms with Crippen molar-refractivity contribution in [2.24, 2.45) is 0 Å². The molecule has 0 radical (unpaired) electrons. The molecule has 0 saturated carbocycles. The van der Waals surface area contributed by atoms with Crippen LogP contribution in [0.4, 0.5) is 28.4 Å². The lowest BCUT2D eigenvalue weighted by molar-refractivity contribution is -0.137. The molecule has 3 heterocycles. The number of urea groups is 2. The third kappa shape index (κ3) is 6.08. The Hall–Kier alpha value is -5.12. The van der Waals surface area contributed by atoms with Gasteiger partial charge in [0, 0.05) is 37.3 Å². The normalized spacial score (nSPS) is 15.7. The summed E-state index contributed by atoms with van der Waals surface area (Å²) >= 11 is 0. The number of hydrogen-bond acceptors (Lipinski definition) is 5. The zero-order valence-corrected chi connectivity index (χ0v) is 23.3. The van der Waals surface area contributed by atoms with Crippen LogP contribution in [0.3, 0.4) is 0 Å². The number of anilines is 1. The minimum absolute atomic E-state index is 0.0516. The summed E-state index contributed by atoms with van der Waals surface area (Å²) in [5.74, 6) is 0.0680. The third-order valence-electron chi connectivity index (χ3n) is 7.43. The quantitative estimate of drug-likeness (QED) is 0.382. The van der Waals surface area contributed by atoms with Gasteiger partial charge in [-0.05, 0) is 68.3 Å². The van der Waals surface area contributed by atoms with Crippen LogP contribution in [-0.2, 0) is 11.0 Å². The van der Waals surface area contributed by atoms with Crippen LogP contribution in [0.15, 0.2) is 66.5 Å². The van der Waals surface area contributed by atoms with E-state index in [-0.39, 0.29) is 24.7 Å². The van der Waals surface area contributed by atoms with Gasteiger partial charge in [-0.25, -0.2) is 19.2 Å². The molecule has 5 rings (SSSR count). The van der Waals surface area contributed by atoms with E-state index in [1.807, 2.05) is 0 Å². The molecule has 1 fully saturated rings. The second kappa shape index (κ2) is 12.0. The van der Waals surface area contributed by atoms with Gasteiger partial charge < -0.3 is 10.2 Å². The third-order valence-corrected chi connectivity index (χ3v) is 7.43. The van der Waals surface area contributed by atoms with Gasteiger partial charge >= 0.3 is 18.2 Å². The number of alkyl halides is 3. The predicted molar refractivity (Wildman–Crippen MR) is 151 cm³/mol. The molecule has 5 amide bonds. The van der Waals surface area contributed by atoms with E-state index in [4.69, 9.17) is 5.26 Å². The molecule has 1 saturated heterocycles. The Morgan fingerprint density at radius 1 is 1.09 bits per heavy atom. The average Bonchev–Trinajstić information content (AvgIpc) is 3.64.